The van der Waals surface area contributed by atoms with Crippen molar-refractivity contribution in [2.45, 2.75) is 38.2 Å². The lowest BCUT2D eigenvalue weighted by Gasteiger charge is -2.07. The van der Waals surface area contributed by atoms with E-state index in [1.54, 1.807) is 0 Å². The highest BCUT2D eigenvalue weighted by Gasteiger charge is 2.29. The molecule has 0 aliphatic heterocycles. The van der Waals surface area contributed by atoms with E-state index in [1.165, 1.54) is 0 Å². The van der Waals surface area contributed by atoms with Crippen molar-refractivity contribution < 1.29 is 14.1 Å². The van der Waals surface area contributed by atoms with Crippen LogP contribution in [-0.2, 0) is 11.4 Å². The van der Waals surface area contributed by atoms with Gasteiger partial charge < -0.3 is 19.9 Å². The third-order valence-corrected chi connectivity index (χ3v) is 3.75. The van der Waals surface area contributed by atoms with Crippen LogP contribution >= 0.6 is 0 Å². The Morgan fingerprint density at radius 1 is 1.33 bits per heavy atom. The average Bonchev–Trinajstić information content (AvgIpc) is 3.33. The van der Waals surface area contributed by atoms with E-state index in [-0.39, 0.29) is 12.5 Å². The molecule has 0 unspecified atom stereocenters. The van der Waals surface area contributed by atoms with Crippen molar-refractivity contribution in [3.05, 3.63) is 36.0 Å². The first kappa shape index (κ1) is 16.4. The van der Waals surface area contributed by atoms with Crippen molar-refractivity contribution in [3.63, 3.8) is 0 Å². The Kier molecular flexibility index (Phi) is 5.43. The van der Waals surface area contributed by atoms with Crippen LogP contribution in [0, 0.1) is 0 Å². The molecule has 1 aromatic heterocycles. The van der Waals surface area contributed by atoms with Gasteiger partial charge in [-0.15, -0.1) is 0 Å². The molecule has 1 fully saturated rings. The van der Waals surface area contributed by atoms with Crippen LogP contribution < -0.4 is 15.4 Å². The Balaban J connectivity index is 1.44. The topological polar surface area (TPSA) is 89.3 Å². The van der Waals surface area contributed by atoms with Crippen molar-refractivity contribution >= 4 is 11.6 Å². The van der Waals surface area contributed by atoms with Crippen LogP contribution in [0.4, 0.5) is 5.69 Å². The van der Waals surface area contributed by atoms with Crippen LogP contribution in [0.1, 0.15) is 43.3 Å². The molecule has 0 spiro atoms. The van der Waals surface area contributed by atoms with E-state index >= 15 is 0 Å². The Labute approximate surface area is 140 Å². The fraction of sp³-hybridized carbons (Fsp3) is 0.471. The van der Waals surface area contributed by atoms with Crippen LogP contribution in [0.2, 0.25) is 0 Å². The quantitative estimate of drug-likeness (QED) is 0.687. The third kappa shape index (κ3) is 4.79. The largest absolute Gasteiger partial charge is 0.485 e. The SMILES string of the molecule is CNCCCC(=O)Nc1ccc(OCc2noc(C3CC3)n2)cc1. The zero-order chi connectivity index (χ0) is 16.8. The summed E-state index contributed by atoms with van der Waals surface area (Å²) in [6.45, 7) is 1.10. The number of hydrogen-bond acceptors (Lipinski definition) is 6. The number of benzene rings is 1. The predicted molar refractivity (Wildman–Crippen MR) is 88.8 cm³/mol. The summed E-state index contributed by atoms with van der Waals surface area (Å²) in [4.78, 5) is 16.1. The first-order chi connectivity index (χ1) is 11.7. The molecule has 1 heterocycles. The third-order valence-electron chi connectivity index (χ3n) is 3.75. The molecule has 2 N–H and O–H groups in total. The lowest BCUT2D eigenvalue weighted by Crippen LogP contribution is -2.15. The number of aromatic nitrogens is 2. The lowest BCUT2D eigenvalue weighted by molar-refractivity contribution is -0.116. The molecule has 2 aromatic rings. The smallest absolute Gasteiger partial charge is 0.229 e. The summed E-state index contributed by atoms with van der Waals surface area (Å²) in [6.07, 6.45) is 3.58. The molecular formula is C17H22N4O3. The van der Waals surface area contributed by atoms with Crippen molar-refractivity contribution in [1.29, 1.82) is 0 Å². The Morgan fingerprint density at radius 2 is 2.12 bits per heavy atom. The summed E-state index contributed by atoms with van der Waals surface area (Å²) >= 11 is 0. The van der Waals surface area contributed by atoms with Gasteiger partial charge in [0, 0.05) is 18.0 Å². The molecule has 7 heteroatoms. The van der Waals surface area contributed by atoms with E-state index in [0.717, 1.165) is 31.5 Å². The standard InChI is InChI=1S/C17H22N4O3/c1-18-10-2-3-16(22)19-13-6-8-14(9-7-13)23-11-15-20-17(24-21-15)12-4-5-12/h6-9,12,18H,2-5,10-11H2,1H3,(H,19,22). The molecule has 3 rings (SSSR count). The van der Waals surface area contributed by atoms with E-state index in [9.17, 15) is 4.79 Å². The van der Waals surface area contributed by atoms with Gasteiger partial charge >= 0.3 is 0 Å². The first-order valence-electron chi connectivity index (χ1n) is 8.24. The molecule has 7 nitrogen and oxygen atoms in total. The molecule has 1 aromatic carbocycles. The molecule has 24 heavy (non-hydrogen) atoms. The van der Waals surface area contributed by atoms with Crippen LogP contribution in [0.3, 0.4) is 0 Å². The van der Waals surface area contributed by atoms with Gasteiger partial charge in [0.2, 0.25) is 17.6 Å². The predicted octanol–water partition coefficient (Wildman–Crippen LogP) is 2.46. The molecule has 0 bridgehead atoms. The second-order valence-corrected chi connectivity index (χ2v) is 5.89. The van der Waals surface area contributed by atoms with Gasteiger partial charge in [-0.25, -0.2) is 0 Å². The van der Waals surface area contributed by atoms with E-state index in [2.05, 4.69) is 20.8 Å². The second-order valence-electron chi connectivity index (χ2n) is 5.89. The summed E-state index contributed by atoms with van der Waals surface area (Å²) in [7, 11) is 1.87. The van der Waals surface area contributed by atoms with Gasteiger partial charge in [-0.2, -0.15) is 4.98 Å². The molecular weight excluding hydrogens is 308 g/mol. The van der Waals surface area contributed by atoms with Gasteiger partial charge in [-0.3, -0.25) is 4.79 Å². The molecule has 0 saturated heterocycles. The van der Waals surface area contributed by atoms with Crippen molar-refractivity contribution in [2.75, 3.05) is 18.9 Å². The number of ether oxygens (including phenoxy) is 1. The summed E-state index contributed by atoms with van der Waals surface area (Å²) in [5.74, 6) is 2.42. The number of amides is 1. The summed E-state index contributed by atoms with van der Waals surface area (Å²) in [5, 5.41) is 9.79. The van der Waals surface area contributed by atoms with E-state index in [0.29, 0.717) is 29.8 Å². The average molecular weight is 330 g/mol. The second kappa shape index (κ2) is 7.92. The minimum absolute atomic E-state index is 0.0123. The summed E-state index contributed by atoms with van der Waals surface area (Å²) in [6, 6.07) is 7.25. The summed E-state index contributed by atoms with van der Waals surface area (Å²) < 4.78 is 10.8. The molecule has 128 valence electrons. The first-order valence-corrected chi connectivity index (χ1v) is 8.24. The van der Waals surface area contributed by atoms with Gasteiger partial charge in [0.25, 0.3) is 0 Å². The molecule has 0 radical (unpaired) electrons. The van der Waals surface area contributed by atoms with E-state index < -0.39 is 0 Å². The van der Waals surface area contributed by atoms with E-state index in [1.807, 2.05) is 31.3 Å². The molecule has 1 saturated carbocycles. The van der Waals surface area contributed by atoms with Crippen LogP contribution in [0.25, 0.3) is 0 Å². The van der Waals surface area contributed by atoms with Gasteiger partial charge in [-0.05, 0) is 57.1 Å². The molecule has 1 amide bonds. The van der Waals surface area contributed by atoms with Crippen LogP contribution in [-0.4, -0.2) is 29.6 Å². The van der Waals surface area contributed by atoms with Gasteiger partial charge in [0.15, 0.2) is 6.61 Å². The maximum absolute atomic E-state index is 11.7. The number of nitrogens with one attached hydrogen (secondary N) is 2. The van der Waals surface area contributed by atoms with Gasteiger partial charge in [-0.1, -0.05) is 5.16 Å². The number of nitrogens with zero attached hydrogens (tertiary/aromatic N) is 2. The van der Waals surface area contributed by atoms with Gasteiger partial charge in [0.1, 0.15) is 5.75 Å². The fourth-order valence-corrected chi connectivity index (χ4v) is 2.25. The molecule has 0 atom stereocenters. The zero-order valence-corrected chi connectivity index (χ0v) is 13.7. The number of rotatable bonds is 9. The highest BCUT2D eigenvalue weighted by molar-refractivity contribution is 5.90. The maximum atomic E-state index is 11.7. The highest BCUT2D eigenvalue weighted by atomic mass is 16.5. The lowest BCUT2D eigenvalue weighted by atomic mass is 10.2. The van der Waals surface area contributed by atoms with Crippen molar-refractivity contribution in [3.8, 4) is 5.75 Å². The highest BCUT2D eigenvalue weighted by Crippen LogP contribution is 2.38. The Hall–Kier alpha value is -2.41. The molecule has 1 aliphatic carbocycles. The Morgan fingerprint density at radius 3 is 2.83 bits per heavy atom. The monoisotopic (exact) mass is 330 g/mol. The number of carbonyl (C=O) groups is 1. The van der Waals surface area contributed by atoms with E-state index in [4.69, 9.17) is 9.26 Å². The summed E-state index contributed by atoms with van der Waals surface area (Å²) in [5.41, 5.74) is 0.757. The van der Waals surface area contributed by atoms with Crippen LogP contribution in [0.5, 0.6) is 5.75 Å². The number of hydrogen-bond donors (Lipinski definition) is 2. The fourth-order valence-electron chi connectivity index (χ4n) is 2.25. The van der Waals surface area contributed by atoms with Crippen molar-refractivity contribution in [1.82, 2.24) is 15.5 Å². The Bertz CT molecular complexity index is 665. The van der Waals surface area contributed by atoms with Crippen LogP contribution in [0.15, 0.2) is 28.8 Å². The number of carbonyl (C=O) groups excluding carboxylic acids is 1. The van der Waals surface area contributed by atoms with Gasteiger partial charge in [0.05, 0.1) is 0 Å². The minimum atomic E-state index is 0.0123. The molecule has 1 aliphatic rings. The van der Waals surface area contributed by atoms with Crippen molar-refractivity contribution in [2.24, 2.45) is 0 Å². The number of anilines is 1. The normalized spacial score (nSPS) is 13.7. The minimum Gasteiger partial charge on any atom is -0.485 e. The zero-order valence-electron chi connectivity index (χ0n) is 13.7. The maximum Gasteiger partial charge on any atom is 0.229 e.